The number of aromatic nitrogens is 3. The maximum absolute atomic E-state index is 5.69. The van der Waals surface area contributed by atoms with Crippen molar-refractivity contribution in [2.45, 2.75) is 20.3 Å². The van der Waals surface area contributed by atoms with E-state index in [-0.39, 0.29) is 0 Å². The maximum atomic E-state index is 5.69. The lowest BCUT2D eigenvalue weighted by Gasteiger charge is -1.99. The highest BCUT2D eigenvalue weighted by molar-refractivity contribution is 5.72. The van der Waals surface area contributed by atoms with Crippen molar-refractivity contribution in [2.75, 3.05) is 6.61 Å². The molecule has 0 saturated carbocycles. The molecule has 0 amide bonds. The van der Waals surface area contributed by atoms with Gasteiger partial charge >= 0.3 is 6.01 Å². The van der Waals surface area contributed by atoms with Gasteiger partial charge in [-0.05, 0) is 25.5 Å². The minimum absolute atomic E-state index is 0.325. The Kier molecular flexibility index (Phi) is 3.33. The Labute approximate surface area is 116 Å². The van der Waals surface area contributed by atoms with Crippen LogP contribution < -0.4 is 4.74 Å². The van der Waals surface area contributed by atoms with Gasteiger partial charge in [0.25, 0.3) is 5.71 Å². The Morgan fingerprint density at radius 3 is 2.95 bits per heavy atom. The molecule has 0 aliphatic carbocycles. The first-order valence-corrected chi connectivity index (χ1v) is 6.59. The first-order chi connectivity index (χ1) is 9.76. The molecule has 20 heavy (non-hydrogen) atoms. The Morgan fingerprint density at radius 2 is 2.15 bits per heavy atom. The Hall–Kier alpha value is -2.43. The standard InChI is InChI=1S/C15H15N3O2/c1-3-7-19-15-16-9-12-14(18-15)20-13(17-12)11-6-4-5-10(2)8-11/h4-6,8-9H,3,7H2,1-2H3. The monoisotopic (exact) mass is 269 g/mol. The molecule has 0 atom stereocenters. The summed E-state index contributed by atoms with van der Waals surface area (Å²) >= 11 is 0. The third-order valence-electron chi connectivity index (χ3n) is 2.83. The van der Waals surface area contributed by atoms with Crippen molar-refractivity contribution in [1.82, 2.24) is 15.0 Å². The summed E-state index contributed by atoms with van der Waals surface area (Å²) in [4.78, 5) is 12.7. The molecule has 0 aliphatic heterocycles. The van der Waals surface area contributed by atoms with E-state index >= 15 is 0 Å². The van der Waals surface area contributed by atoms with E-state index in [0.29, 0.717) is 29.7 Å². The number of benzene rings is 1. The van der Waals surface area contributed by atoms with Crippen LogP contribution in [0.3, 0.4) is 0 Å². The highest BCUT2D eigenvalue weighted by Crippen LogP contribution is 2.24. The van der Waals surface area contributed by atoms with Crippen molar-refractivity contribution in [3.8, 4) is 17.5 Å². The van der Waals surface area contributed by atoms with Gasteiger partial charge in [-0.2, -0.15) is 4.98 Å². The Balaban J connectivity index is 1.98. The van der Waals surface area contributed by atoms with Crippen molar-refractivity contribution in [3.05, 3.63) is 36.0 Å². The molecule has 2 aromatic heterocycles. The molecule has 0 spiro atoms. The van der Waals surface area contributed by atoms with Crippen molar-refractivity contribution < 1.29 is 9.15 Å². The largest absolute Gasteiger partial charge is 0.463 e. The molecule has 102 valence electrons. The lowest BCUT2D eigenvalue weighted by atomic mass is 10.1. The number of hydrogen-bond donors (Lipinski definition) is 0. The van der Waals surface area contributed by atoms with Crippen LogP contribution in [0.25, 0.3) is 22.7 Å². The molecule has 0 unspecified atom stereocenters. The predicted molar refractivity (Wildman–Crippen MR) is 75.6 cm³/mol. The molecule has 3 aromatic rings. The second-order valence-electron chi connectivity index (χ2n) is 4.58. The van der Waals surface area contributed by atoms with Gasteiger partial charge in [0, 0.05) is 5.56 Å². The van der Waals surface area contributed by atoms with Crippen LogP contribution in [0.4, 0.5) is 0 Å². The smallest absolute Gasteiger partial charge is 0.319 e. The average molecular weight is 269 g/mol. The van der Waals surface area contributed by atoms with Crippen LogP contribution in [0.15, 0.2) is 34.9 Å². The number of ether oxygens (including phenoxy) is 1. The van der Waals surface area contributed by atoms with Gasteiger partial charge in [-0.1, -0.05) is 24.6 Å². The topological polar surface area (TPSA) is 61.0 Å². The van der Waals surface area contributed by atoms with E-state index in [1.54, 1.807) is 6.20 Å². The quantitative estimate of drug-likeness (QED) is 0.726. The summed E-state index contributed by atoms with van der Waals surface area (Å²) in [6.45, 7) is 4.65. The molecule has 0 saturated heterocycles. The summed E-state index contributed by atoms with van der Waals surface area (Å²) in [5, 5.41) is 0. The van der Waals surface area contributed by atoms with E-state index in [1.165, 1.54) is 0 Å². The van der Waals surface area contributed by atoms with Gasteiger partial charge in [0.05, 0.1) is 12.8 Å². The molecule has 1 aromatic carbocycles. The minimum atomic E-state index is 0.325. The van der Waals surface area contributed by atoms with Gasteiger partial charge in [-0.3, -0.25) is 0 Å². The number of aryl methyl sites for hydroxylation is 1. The summed E-state index contributed by atoms with van der Waals surface area (Å²) in [6, 6.07) is 8.31. The van der Waals surface area contributed by atoms with Gasteiger partial charge in [-0.15, -0.1) is 0 Å². The second-order valence-corrected chi connectivity index (χ2v) is 4.58. The van der Waals surface area contributed by atoms with E-state index in [2.05, 4.69) is 15.0 Å². The first kappa shape index (κ1) is 12.6. The fourth-order valence-corrected chi connectivity index (χ4v) is 1.88. The third-order valence-corrected chi connectivity index (χ3v) is 2.83. The Morgan fingerprint density at radius 1 is 1.25 bits per heavy atom. The number of rotatable bonds is 4. The average Bonchev–Trinajstić information content (AvgIpc) is 2.88. The van der Waals surface area contributed by atoms with Crippen LogP contribution in [0.5, 0.6) is 6.01 Å². The Bertz CT molecular complexity index is 737. The van der Waals surface area contributed by atoms with Gasteiger partial charge in [-0.25, -0.2) is 9.97 Å². The zero-order valence-electron chi connectivity index (χ0n) is 11.5. The SMILES string of the molecule is CCCOc1ncc2nc(-c3cccc(C)c3)oc2n1. The molecular formula is C15H15N3O2. The van der Waals surface area contributed by atoms with E-state index in [1.807, 2.05) is 38.1 Å². The highest BCUT2D eigenvalue weighted by Gasteiger charge is 2.11. The van der Waals surface area contributed by atoms with Crippen LogP contribution in [0.1, 0.15) is 18.9 Å². The minimum Gasteiger partial charge on any atom is -0.463 e. The van der Waals surface area contributed by atoms with E-state index < -0.39 is 0 Å². The second kappa shape index (κ2) is 5.28. The third kappa shape index (κ3) is 2.47. The van der Waals surface area contributed by atoms with Crippen LogP contribution >= 0.6 is 0 Å². The molecule has 0 radical (unpaired) electrons. The molecule has 5 nitrogen and oxygen atoms in total. The number of nitrogens with zero attached hydrogens (tertiary/aromatic N) is 3. The summed E-state index contributed by atoms with van der Waals surface area (Å²) in [6.07, 6.45) is 2.53. The summed E-state index contributed by atoms with van der Waals surface area (Å²) in [5.74, 6) is 0.547. The molecule has 3 rings (SSSR count). The first-order valence-electron chi connectivity index (χ1n) is 6.59. The van der Waals surface area contributed by atoms with Crippen molar-refractivity contribution in [1.29, 1.82) is 0 Å². The summed E-state index contributed by atoms with van der Waals surface area (Å²) < 4.78 is 11.1. The molecule has 5 heteroatoms. The van der Waals surface area contributed by atoms with Crippen LogP contribution in [-0.4, -0.2) is 21.6 Å². The molecule has 2 heterocycles. The van der Waals surface area contributed by atoms with Crippen LogP contribution in [-0.2, 0) is 0 Å². The van der Waals surface area contributed by atoms with Crippen molar-refractivity contribution >= 4 is 11.2 Å². The number of oxazole rings is 1. The van der Waals surface area contributed by atoms with Gasteiger partial charge < -0.3 is 9.15 Å². The predicted octanol–water partition coefficient (Wildman–Crippen LogP) is 3.38. The lowest BCUT2D eigenvalue weighted by molar-refractivity contribution is 0.292. The summed E-state index contributed by atoms with van der Waals surface area (Å²) in [5.41, 5.74) is 3.16. The van der Waals surface area contributed by atoms with Gasteiger partial charge in [0.2, 0.25) is 5.89 Å². The van der Waals surface area contributed by atoms with Gasteiger partial charge in [0.15, 0.2) is 0 Å². The van der Waals surface area contributed by atoms with E-state index in [0.717, 1.165) is 17.5 Å². The highest BCUT2D eigenvalue weighted by atomic mass is 16.5. The van der Waals surface area contributed by atoms with Gasteiger partial charge in [0.1, 0.15) is 5.52 Å². The van der Waals surface area contributed by atoms with Crippen molar-refractivity contribution in [3.63, 3.8) is 0 Å². The normalized spacial score (nSPS) is 10.9. The van der Waals surface area contributed by atoms with Crippen LogP contribution in [0, 0.1) is 6.92 Å². The van der Waals surface area contributed by atoms with Crippen LogP contribution in [0.2, 0.25) is 0 Å². The zero-order valence-corrected chi connectivity index (χ0v) is 11.5. The molecular weight excluding hydrogens is 254 g/mol. The zero-order chi connectivity index (χ0) is 13.9. The lowest BCUT2D eigenvalue weighted by Crippen LogP contribution is -1.99. The molecule has 0 bridgehead atoms. The van der Waals surface area contributed by atoms with Crippen molar-refractivity contribution in [2.24, 2.45) is 0 Å². The number of fused-ring (bicyclic) bond motifs is 1. The maximum Gasteiger partial charge on any atom is 0.319 e. The molecule has 0 N–H and O–H groups in total. The number of hydrogen-bond acceptors (Lipinski definition) is 5. The fraction of sp³-hybridized carbons (Fsp3) is 0.267. The van der Waals surface area contributed by atoms with E-state index in [9.17, 15) is 0 Å². The summed E-state index contributed by atoms with van der Waals surface area (Å²) in [7, 11) is 0. The van der Waals surface area contributed by atoms with E-state index in [4.69, 9.17) is 9.15 Å². The molecule has 0 fully saturated rings. The fourth-order valence-electron chi connectivity index (χ4n) is 1.88. The molecule has 0 aliphatic rings.